The molecule has 0 aliphatic heterocycles. The van der Waals surface area contributed by atoms with E-state index in [2.05, 4.69) is 38.6 Å². The van der Waals surface area contributed by atoms with Crippen LogP contribution in [0.25, 0.3) is 0 Å². The molecule has 112 valence electrons. The van der Waals surface area contributed by atoms with Crippen LogP contribution in [0.4, 0.5) is 0 Å². The largest absolute Gasteiger partial charge is 0.0993 e. The van der Waals surface area contributed by atoms with E-state index in [1.165, 1.54) is 44.9 Å². The molecule has 4 rings (SSSR count). The van der Waals surface area contributed by atoms with Gasteiger partial charge in [0.25, 0.3) is 0 Å². The average molecular weight is 280 g/mol. The summed E-state index contributed by atoms with van der Waals surface area (Å²) in [4.78, 5) is 0. The van der Waals surface area contributed by atoms with Crippen molar-refractivity contribution < 1.29 is 0 Å². The maximum Gasteiger partial charge on any atom is -0.00876 e. The van der Waals surface area contributed by atoms with Gasteiger partial charge in [-0.3, -0.25) is 0 Å². The maximum atomic E-state index is 4.43. The number of benzene rings is 1. The monoisotopic (exact) mass is 280 g/mol. The zero-order valence-electron chi connectivity index (χ0n) is 13.6. The molecule has 0 aromatic heterocycles. The molecule has 3 aliphatic rings. The number of hydrogen-bond donors (Lipinski definition) is 0. The molecule has 0 unspecified atom stereocenters. The Balaban J connectivity index is 1.76. The molecule has 0 bridgehead atoms. The first-order valence-corrected chi connectivity index (χ1v) is 8.94. The molecular formula is C21H28. The van der Waals surface area contributed by atoms with Gasteiger partial charge in [0.2, 0.25) is 0 Å². The second-order valence-electron chi connectivity index (χ2n) is 7.86. The maximum absolute atomic E-state index is 4.43. The smallest absolute Gasteiger partial charge is 0.00876 e. The standard InChI is InChI=1S/C21H28/c1-4-15-6-5-7-16-9-10-17-18(20(15)16)12-13-21(3)14(2)8-11-19(17)21/h5-7,17-19H,2,4,8-13H2,1,3H3/t17-,18+,19+,21-/m1/s1. The van der Waals surface area contributed by atoms with Crippen LogP contribution in [0.5, 0.6) is 0 Å². The Morgan fingerprint density at radius 1 is 1.19 bits per heavy atom. The first kappa shape index (κ1) is 13.6. The van der Waals surface area contributed by atoms with E-state index in [0.717, 1.165) is 17.8 Å². The summed E-state index contributed by atoms with van der Waals surface area (Å²) in [5, 5.41) is 0. The van der Waals surface area contributed by atoms with Gasteiger partial charge in [-0.05, 0) is 84.8 Å². The van der Waals surface area contributed by atoms with Crippen molar-refractivity contribution in [2.45, 2.75) is 64.7 Å². The summed E-state index contributed by atoms with van der Waals surface area (Å²) in [7, 11) is 0. The number of allylic oxidation sites excluding steroid dienone is 1. The Hall–Kier alpha value is -1.04. The predicted molar refractivity (Wildman–Crippen MR) is 89.6 cm³/mol. The summed E-state index contributed by atoms with van der Waals surface area (Å²) in [6.45, 7) is 9.27. The summed E-state index contributed by atoms with van der Waals surface area (Å²) in [5.41, 5.74) is 7.06. The van der Waals surface area contributed by atoms with Crippen molar-refractivity contribution in [2.75, 3.05) is 0 Å². The van der Waals surface area contributed by atoms with E-state index >= 15 is 0 Å². The van der Waals surface area contributed by atoms with Crippen LogP contribution in [0.1, 0.15) is 68.6 Å². The van der Waals surface area contributed by atoms with Gasteiger partial charge in [-0.1, -0.05) is 44.2 Å². The quantitative estimate of drug-likeness (QED) is 0.582. The zero-order chi connectivity index (χ0) is 14.6. The Labute approximate surface area is 129 Å². The summed E-state index contributed by atoms with van der Waals surface area (Å²) >= 11 is 0. The van der Waals surface area contributed by atoms with E-state index < -0.39 is 0 Å². The third kappa shape index (κ3) is 1.81. The van der Waals surface area contributed by atoms with Crippen LogP contribution in [0, 0.1) is 17.3 Å². The number of hydrogen-bond acceptors (Lipinski definition) is 0. The highest BCUT2D eigenvalue weighted by Crippen LogP contribution is 2.62. The van der Waals surface area contributed by atoms with Crippen LogP contribution >= 0.6 is 0 Å². The van der Waals surface area contributed by atoms with Gasteiger partial charge in [0.15, 0.2) is 0 Å². The van der Waals surface area contributed by atoms with Gasteiger partial charge in [0, 0.05) is 0 Å². The molecule has 0 N–H and O–H groups in total. The second kappa shape index (κ2) is 4.73. The zero-order valence-corrected chi connectivity index (χ0v) is 13.6. The Kier molecular flexibility index (Phi) is 3.07. The fraction of sp³-hybridized carbons (Fsp3) is 0.619. The third-order valence-electron chi connectivity index (χ3n) is 7.18. The van der Waals surface area contributed by atoms with E-state index in [9.17, 15) is 0 Å². The molecule has 0 spiro atoms. The molecule has 1 aromatic rings. The van der Waals surface area contributed by atoms with E-state index in [0.29, 0.717) is 5.41 Å². The highest BCUT2D eigenvalue weighted by molar-refractivity contribution is 5.42. The van der Waals surface area contributed by atoms with Gasteiger partial charge in [-0.2, -0.15) is 0 Å². The lowest BCUT2D eigenvalue weighted by atomic mass is 9.55. The van der Waals surface area contributed by atoms with E-state index in [1.54, 1.807) is 22.3 Å². The molecule has 0 heteroatoms. The van der Waals surface area contributed by atoms with Crippen molar-refractivity contribution in [3.63, 3.8) is 0 Å². The SMILES string of the molecule is C=C1CC[C@H]2[C@@H]3CCc4cccc(CC)c4[C@H]3CC[C@]12C. The molecule has 3 aliphatic carbocycles. The van der Waals surface area contributed by atoms with Crippen LogP contribution in [0.2, 0.25) is 0 Å². The van der Waals surface area contributed by atoms with Gasteiger partial charge in [-0.25, -0.2) is 0 Å². The van der Waals surface area contributed by atoms with Crippen molar-refractivity contribution in [3.8, 4) is 0 Å². The lowest BCUT2D eigenvalue weighted by molar-refractivity contribution is 0.0813. The highest BCUT2D eigenvalue weighted by atomic mass is 14.6. The molecule has 1 aromatic carbocycles. The van der Waals surface area contributed by atoms with Crippen molar-refractivity contribution in [3.05, 3.63) is 47.0 Å². The van der Waals surface area contributed by atoms with Crippen LogP contribution in [0.15, 0.2) is 30.4 Å². The minimum Gasteiger partial charge on any atom is -0.0993 e. The summed E-state index contributed by atoms with van der Waals surface area (Å²) in [6.07, 6.45) is 9.37. The highest BCUT2D eigenvalue weighted by Gasteiger charge is 2.52. The Bertz CT molecular complexity index is 567. The van der Waals surface area contributed by atoms with Crippen molar-refractivity contribution in [1.82, 2.24) is 0 Å². The van der Waals surface area contributed by atoms with E-state index in [-0.39, 0.29) is 0 Å². The predicted octanol–water partition coefficient (Wildman–Crippen LogP) is 5.66. The van der Waals surface area contributed by atoms with Crippen LogP contribution in [-0.4, -0.2) is 0 Å². The molecule has 0 saturated heterocycles. The van der Waals surface area contributed by atoms with Crippen LogP contribution in [-0.2, 0) is 12.8 Å². The van der Waals surface area contributed by atoms with Gasteiger partial charge in [0.05, 0.1) is 0 Å². The summed E-state index contributed by atoms with van der Waals surface area (Å²) < 4.78 is 0. The van der Waals surface area contributed by atoms with Gasteiger partial charge in [-0.15, -0.1) is 0 Å². The lowest BCUT2D eigenvalue weighted by Gasteiger charge is -2.50. The minimum atomic E-state index is 0.458. The van der Waals surface area contributed by atoms with Crippen LogP contribution in [0.3, 0.4) is 0 Å². The van der Waals surface area contributed by atoms with E-state index in [4.69, 9.17) is 0 Å². The van der Waals surface area contributed by atoms with Crippen molar-refractivity contribution >= 4 is 0 Å². The van der Waals surface area contributed by atoms with Gasteiger partial charge >= 0.3 is 0 Å². The van der Waals surface area contributed by atoms with Crippen molar-refractivity contribution in [2.24, 2.45) is 17.3 Å². The number of rotatable bonds is 1. The molecule has 21 heavy (non-hydrogen) atoms. The lowest BCUT2D eigenvalue weighted by Crippen LogP contribution is -2.40. The fourth-order valence-corrected chi connectivity index (χ4v) is 5.95. The average Bonchev–Trinajstić information content (AvgIpc) is 2.82. The molecule has 2 fully saturated rings. The molecule has 2 saturated carbocycles. The molecule has 0 amide bonds. The van der Waals surface area contributed by atoms with Crippen LogP contribution < -0.4 is 0 Å². The topological polar surface area (TPSA) is 0 Å². The van der Waals surface area contributed by atoms with Gasteiger partial charge in [0.1, 0.15) is 0 Å². The molecule has 0 nitrogen and oxygen atoms in total. The van der Waals surface area contributed by atoms with E-state index in [1.807, 2.05) is 0 Å². The molecule has 0 radical (unpaired) electrons. The van der Waals surface area contributed by atoms with Crippen molar-refractivity contribution in [1.29, 1.82) is 0 Å². The normalized spacial score (nSPS) is 37.8. The molecule has 4 atom stereocenters. The Morgan fingerprint density at radius 3 is 2.86 bits per heavy atom. The third-order valence-corrected chi connectivity index (χ3v) is 7.18. The molecule has 0 heterocycles. The van der Waals surface area contributed by atoms with Gasteiger partial charge < -0.3 is 0 Å². The fourth-order valence-electron chi connectivity index (χ4n) is 5.95. The number of fused-ring (bicyclic) bond motifs is 5. The summed E-state index contributed by atoms with van der Waals surface area (Å²) in [5.74, 6) is 2.67. The first-order valence-electron chi connectivity index (χ1n) is 8.94. The Morgan fingerprint density at radius 2 is 2.05 bits per heavy atom. The second-order valence-corrected chi connectivity index (χ2v) is 7.86. The minimum absolute atomic E-state index is 0.458. The molecular weight excluding hydrogens is 252 g/mol. The summed E-state index contributed by atoms with van der Waals surface area (Å²) in [6, 6.07) is 7.05. The number of aryl methyl sites for hydroxylation is 2. The first-order chi connectivity index (χ1) is 10.1.